The maximum Gasteiger partial charge on any atom is 0.404 e. The van der Waals surface area contributed by atoms with E-state index >= 15 is 0 Å². The Bertz CT molecular complexity index is 2010. The smallest absolute Gasteiger partial charge is 0.404 e. The molecule has 1 unspecified atom stereocenters. The summed E-state index contributed by atoms with van der Waals surface area (Å²) >= 11 is 0. The summed E-state index contributed by atoms with van der Waals surface area (Å²) in [6.45, 7) is 0.721. The number of likely N-dealkylation sites (tertiary alicyclic amines) is 1. The summed E-state index contributed by atoms with van der Waals surface area (Å²) < 4.78 is 9.80. The number of rotatable bonds is 7. The fraction of sp³-hybridized carbons (Fsp3) is 0.333. The number of piperidine rings is 1. The van der Waals surface area contributed by atoms with E-state index in [9.17, 15) is 19.5 Å². The Morgan fingerprint density at radius 1 is 1.04 bits per heavy atom. The summed E-state index contributed by atoms with van der Waals surface area (Å²) in [5.41, 5.74) is 9.84. The van der Waals surface area contributed by atoms with Crippen LogP contribution in [0.3, 0.4) is 0 Å². The number of primary amides is 1. The highest BCUT2D eigenvalue weighted by Gasteiger charge is 2.36. The minimum Gasteiger partial charge on any atom is -0.446 e. The molecule has 0 radical (unpaired) electrons. The van der Waals surface area contributed by atoms with Crippen molar-refractivity contribution in [3.05, 3.63) is 106 Å². The number of imidazole rings is 1. The highest BCUT2D eigenvalue weighted by molar-refractivity contribution is 5.95. The van der Waals surface area contributed by atoms with Crippen molar-refractivity contribution in [2.24, 2.45) is 12.8 Å². The summed E-state index contributed by atoms with van der Waals surface area (Å²) in [7, 11) is 1.83. The van der Waals surface area contributed by atoms with Crippen molar-refractivity contribution in [2.75, 3.05) is 13.1 Å². The molecule has 1 aliphatic heterocycles. The molecule has 13 nitrogen and oxygen atoms in total. The number of carbonyl (C=O) groups excluding carboxylic acids is 2. The first-order valence-corrected chi connectivity index (χ1v) is 15.3. The number of fused-ring (bicyclic) bond motifs is 2. The van der Waals surface area contributed by atoms with Crippen molar-refractivity contribution < 1.29 is 19.4 Å². The molecule has 1 saturated heterocycles. The van der Waals surface area contributed by atoms with E-state index in [4.69, 9.17) is 10.5 Å². The molecule has 1 atom stereocenters. The number of aromatic nitrogens is 6. The number of ether oxygens (including phenoxy) is 1. The van der Waals surface area contributed by atoms with Gasteiger partial charge in [0.25, 0.3) is 11.5 Å². The fourth-order valence-corrected chi connectivity index (χ4v) is 6.61. The molecule has 4 heterocycles. The van der Waals surface area contributed by atoms with E-state index in [1.54, 1.807) is 22.0 Å². The molecule has 1 aliphatic carbocycles. The molecule has 0 spiro atoms. The van der Waals surface area contributed by atoms with Gasteiger partial charge in [0.1, 0.15) is 12.4 Å². The van der Waals surface area contributed by atoms with Gasteiger partial charge in [0.05, 0.1) is 41.5 Å². The van der Waals surface area contributed by atoms with Gasteiger partial charge in [-0.1, -0.05) is 42.5 Å². The first kappa shape index (κ1) is 29.4. The van der Waals surface area contributed by atoms with Crippen molar-refractivity contribution >= 4 is 17.6 Å². The van der Waals surface area contributed by atoms with E-state index in [-0.39, 0.29) is 29.8 Å². The maximum absolute atomic E-state index is 13.5. The average molecular weight is 623 g/mol. The van der Waals surface area contributed by atoms with Gasteiger partial charge in [-0.2, -0.15) is 10.2 Å². The quantitative estimate of drug-likeness (QED) is 0.279. The average Bonchev–Trinajstić information content (AvgIpc) is 3.75. The van der Waals surface area contributed by atoms with Crippen LogP contribution in [0.25, 0.3) is 16.9 Å². The van der Waals surface area contributed by atoms with Crippen molar-refractivity contribution in [2.45, 2.75) is 50.4 Å². The summed E-state index contributed by atoms with van der Waals surface area (Å²) in [6.07, 6.45) is 5.91. The Balaban J connectivity index is 1.04. The lowest BCUT2D eigenvalue weighted by Crippen LogP contribution is -2.49. The molecule has 7 rings (SSSR count). The molecular weight excluding hydrogens is 588 g/mol. The molecule has 46 heavy (non-hydrogen) atoms. The Labute approximate surface area is 263 Å². The van der Waals surface area contributed by atoms with E-state index in [1.807, 2.05) is 55.6 Å². The minimum absolute atomic E-state index is 0.0335. The van der Waals surface area contributed by atoms with E-state index < -0.39 is 11.7 Å². The fourth-order valence-electron chi connectivity index (χ4n) is 6.61. The third-order valence-electron chi connectivity index (χ3n) is 9.13. The molecule has 0 bridgehead atoms. The van der Waals surface area contributed by atoms with Gasteiger partial charge in [0.15, 0.2) is 0 Å². The standard InChI is InChI=1S/C33H34N8O5/c1-38-27(13-21-5-3-2-4-6-21)26(17-36-38)30(42)39-11-9-33(45,10-12-39)19-40-20-37-41-28(18-35-29(41)31(40)43)23-8-7-22-15-25(46-32(34)44)16-24(22)14-23/h2-8,14,17-18,20,25,45H,9-13,15-16,19H2,1H3,(H2,34,44). The molecule has 3 N–H and O–H groups in total. The Morgan fingerprint density at radius 2 is 1.80 bits per heavy atom. The maximum atomic E-state index is 13.5. The largest absolute Gasteiger partial charge is 0.446 e. The minimum atomic E-state index is -1.19. The van der Waals surface area contributed by atoms with Crippen LogP contribution in [0.4, 0.5) is 4.79 Å². The zero-order chi connectivity index (χ0) is 32.0. The van der Waals surface area contributed by atoms with Crippen LogP contribution in [-0.4, -0.2) is 75.7 Å². The van der Waals surface area contributed by atoms with Crippen LogP contribution in [0.2, 0.25) is 0 Å². The lowest BCUT2D eigenvalue weighted by molar-refractivity contribution is -0.0300. The van der Waals surface area contributed by atoms with Gasteiger partial charge in [-0.05, 0) is 35.6 Å². The summed E-state index contributed by atoms with van der Waals surface area (Å²) in [6, 6.07) is 15.8. The molecule has 2 aromatic carbocycles. The van der Waals surface area contributed by atoms with Crippen LogP contribution >= 0.6 is 0 Å². The van der Waals surface area contributed by atoms with E-state index in [0.717, 1.165) is 27.9 Å². The number of hydrogen-bond donors (Lipinski definition) is 2. The highest BCUT2D eigenvalue weighted by Crippen LogP contribution is 2.30. The molecular formula is C33H34N8O5. The Kier molecular flexibility index (Phi) is 7.40. The number of benzene rings is 2. The van der Waals surface area contributed by atoms with Crippen LogP contribution < -0.4 is 11.3 Å². The van der Waals surface area contributed by atoms with Crippen molar-refractivity contribution in [1.29, 1.82) is 0 Å². The molecule has 13 heteroatoms. The number of hydrogen-bond acceptors (Lipinski definition) is 8. The van der Waals surface area contributed by atoms with Crippen molar-refractivity contribution in [1.82, 2.24) is 33.8 Å². The van der Waals surface area contributed by atoms with Gasteiger partial charge in [0.2, 0.25) is 5.65 Å². The van der Waals surface area contributed by atoms with E-state index in [0.29, 0.717) is 56.5 Å². The van der Waals surface area contributed by atoms with Gasteiger partial charge >= 0.3 is 6.09 Å². The van der Waals surface area contributed by atoms with Crippen LogP contribution in [0.5, 0.6) is 0 Å². The molecule has 5 aromatic rings. The highest BCUT2D eigenvalue weighted by atomic mass is 16.6. The topological polar surface area (TPSA) is 163 Å². The molecule has 236 valence electrons. The normalized spacial score (nSPS) is 17.3. The lowest BCUT2D eigenvalue weighted by Gasteiger charge is -2.38. The van der Waals surface area contributed by atoms with Gasteiger partial charge in [0, 0.05) is 45.0 Å². The zero-order valence-corrected chi connectivity index (χ0v) is 25.4. The number of aliphatic hydroxyl groups is 1. The number of nitrogens with two attached hydrogens (primary N) is 1. The second kappa shape index (κ2) is 11.6. The summed E-state index contributed by atoms with van der Waals surface area (Å²) in [5.74, 6) is -0.117. The van der Waals surface area contributed by atoms with Gasteiger partial charge < -0.3 is 20.5 Å². The SMILES string of the molecule is Cn1ncc(C(=O)N2CCC(O)(Cn3cnn4c(-c5ccc6c(c5)CC(OC(N)=O)C6)cnc4c3=O)CC2)c1Cc1ccccc1. The zero-order valence-electron chi connectivity index (χ0n) is 25.4. The first-order chi connectivity index (χ1) is 22.2. The third kappa shape index (κ3) is 5.53. The molecule has 2 aliphatic rings. The second-order valence-corrected chi connectivity index (χ2v) is 12.2. The predicted molar refractivity (Wildman–Crippen MR) is 167 cm³/mol. The van der Waals surface area contributed by atoms with Gasteiger partial charge in [-0.15, -0.1) is 0 Å². The van der Waals surface area contributed by atoms with Crippen molar-refractivity contribution in [3.63, 3.8) is 0 Å². The van der Waals surface area contributed by atoms with Crippen LogP contribution in [-0.2, 0) is 37.6 Å². The van der Waals surface area contributed by atoms with Gasteiger partial charge in [-0.3, -0.25) is 18.8 Å². The van der Waals surface area contributed by atoms with E-state index in [1.165, 1.54) is 15.4 Å². The van der Waals surface area contributed by atoms with Crippen LogP contribution in [0.1, 0.15) is 45.6 Å². The number of aryl methyl sites for hydroxylation is 1. The summed E-state index contributed by atoms with van der Waals surface area (Å²) in [5, 5.41) is 20.3. The molecule has 0 saturated carbocycles. The monoisotopic (exact) mass is 622 g/mol. The van der Waals surface area contributed by atoms with Crippen LogP contribution in [0.15, 0.2) is 72.0 Å². The number of nitrogens with zero attached hydrogens (tertiary/aromatic N) is 7. The number of carbonyl (C=O) groups is 2. The van der Waals surface area contributed by atoms with Crippen molar-refractivity contribution in [3.8, 4) is 11.3 Å². The van der Waals surface area contributed by atoms with E-state index in [2.05, 4.69) is 15.2 Å². The second-order valence-electron chi connectivity index (χ2n) is 12.2. The van der Waals surface area contributed by atoms with Crippen LogP contribution in [0, 0.1) is 0 Å². The third-order valence-corrected chi connectivity index (χ3v) is 9.13. The van der Waals surface area contributed by atoms with Gasteiger partial charge in [-0.25, -0.2) is 14.3 Å². The number of amides is 2. The molecule has 2 amide bonds. The molecule has 3 aromatic heterocycles. The lowest BCUT2D eigenvalue weighted by atomic mass is 9.91. The Morgan fingerprint density at radius 3 is 2.57 bits per heavy atom. The Hall–Kier alpha value is -5.30. The summed E-state index contributed by atoms with van der Waals surface area (Å²) in [4.78, 5) is 44.3. The predicted octanol–water partition coefficient (Wildman–Crippen LogP) is 2.11. The molecule has 1 fully saturated rings. The first-order valence-electron chi connectivity index (χ1n) is 15.3.